The zero-order chi connectivity index (χ0) is 10.9. The lowest BCUT2D eigenvalue weighted by Crippen LogP contribution is -2.62. The van der Waals surface area contributed by atoms with Crippen LogP contribution in [0.1, 0.15) is 27.7 Å². The van der Waals surface area contributed by atoms with Crippen LogP contribution in [0.25, 0.3) is 0 Å². The molecule has 4 nitrogen and oxygen atoms in total. The summed E-state index contributed by atoms with van der Waals surface area (Å²) >= 11 is 0. The standard InChI is InChI=1S/C10H21N3O/c1-7-6-13(8(2)5-12-7)9(14)10(3,4)11/h7-8,12H,5-6,11H2,1-4H3. The van der Waals surface area contributed by atoms with E-state index in [-0.39, 0.29) is 11.9 Å². The predicted octanol–water partition coefficient (Wildman–Crippen LogP) is -0.0675. The lowest BCUT2D eigenvalue weighted by Gasteiger charge is -2.40. The minimum absolute atomic E-state index is 0.0401. The quantitative estimate of drug-likeness (QED) is 0.621. The van der Waals surface area contributed by atoms with Crippen LogP contribution in [-0.2, 0) is 4.79 Å². The fraction of sp³-hybridized carbons (Fsp3) is 0.900. The number of carbonyl (C=O) groups excluding carboxylic acids is 1. The number of hydrogen-bond donors (Lipinski definition) is 2. The summed E-state index contributed by atoms with van der Waals surface area (Å²) in [5, 5.41) is 3.33. The summed E-state index contributed by atoms with van der Waals surface area (Å²) in [7, 11) is 0. The lowest BCUT2D eigenvalue weighted by atomic mass is 10.0. The van der Waals surface area contributed by atoms with E-state index in [0.717, 1.165) is 13.1 Å². The fourth-order valence-corrected chi connectivity index (χ4v) is 1.67. The van der Waals surface area contributed by atoms with Crippen molar-refractivity contribution in [3.05, 3.63) is 0 Å². The van der Waals surface area contributed by atoms with Crippen molar-refractivity contribution in [2.75, 3.05) is 13.1 Å². The molecule has 0 spiro atoms. The van der Waals surface area contributed by atoms with Crippen LogP contribution in [-0.4, -0.2) is 41.5 Å². The molecule has 0 aliphatic carbocycles. The van der Waals surface area contributed by atoms with E-state index in [0.29, 0.717) is 6.04 Å². The van der Waals surface area contributed by atoms with E-state index in [9.17, 15) is 4.79 Å². The Morgan fingerprint density at radius 1 is 1.50 bits per heavy atom. The zero-order valence-electron chi connectivity index (χ0n) is 9.50. The predicted molar refractivity (Wildman–Crippen MR) is 56.9 cm³/mol. The highest BCUT2D eigenvalue weighted by atomic mass is 16.2. The van der Waals surface area contributed by atoms with Crippen molar-refractivity contribution in [1.82, 2.24) is 10.2 Å². The molecule has 14 heavy (non-hydrogen) atoms. The Kier molecular flexibility index (Phi) is 3.17. The first-order chi connectivity index (χ1) is 6.32. The molecular formula is C10H21N3O. The van der Waals surface area contributed by atoms with E-state index in [4.69, 9.17) is 5.73 Å². The van der Waals surface area contributed by atoms with E-state index in [2.05, 4.69) is 12.2 Å². The van der Waals surface area contributed by atoms with Crippen molar-refractivity contribution in [3.63, 3.8) is 0 Å². The molecule has 0 radical (unpaired) electrons. The van der Waals surface area contributed by atoms with Crippen LogP contribution in [0.15, 0.2) is 0 Å². The second kappa shape index (κ2) is 3.87. The van der Waals surface area contributed by atoms with E-state index < -0.39 is 5.54 Å². The van der Waals surface area contributed by atoms with Gasteiger partial charge in [-0.05, 0) is 27.7 Å². The minimum atomic E-state index is -0.759. The zero-order valence-corrected chi connectivity index (χ0v) is 9.50. The number of hydrogen-bond acceptors (Lipinski definition) is 3. The van der Waals surface area contributed by atoms with Crippen molar-refractivity contribution in [1.29, 1.82) is 0 Å². The number of piperazine rings is 1. The van der Waals surface area contributed by atoms with Gasteiger partial charge in [-0.15, -0.1) is 0 Å². The van der Waals surface area contributed by atoms with Crippen molar-refractivity contribution in [2.24, 2.45) is 5.73 Å². The molecule has 3 N–H and O–H groups in total. The van der Waals surface area contributed by atoms with E-state index in [1.807, 2.05) is 11.8 Å². The molecular weight excluding hydrogens is 178 g/mol. The molecule has 2 atom stereocenters. The third kappa shape index (κ3) is 2.45. The summed E-state index contributed by atoms with van der Waals surface area (Å²) in [6, 6.07) is 0.596. The molecule has 4 heteroatoms. The molecule has 0 saturated carbocycles. The molecule has 1 aliphatic heterocycles. The van der Waals surface area contributed by atoms with E-state index in [1.54, 1.807) is 13.8 Å². The molecule has 0 aromatic heterocycles. The summed E-state index contributed by atoms with van der Waals surface area (Å²) in [5.74, 6) is 0.0401. The second-order valence-corrected chi connectivity index (χ2v) is 4.84. The highest BCUT2D eigenvalue weighted by Gasteiger charge is 2.33. The van der Waals surface area contributed by atoms with Gasteiger partial charge in [0.2, 0.25) is 5.91 Å². The molecule has 1 fully saturated rings. The van der Waals surface area contributed by atoms with Crippen molar-refractivity contribution >= 4 is 5.91 Å². The summed E-state index contributed by atoms with van der Waals surface area (Å²) in [6.45, 7) is 9.24. The summed E-state index contributed by atoms with van der Waals surface area (Å²) in [5.41, 5.74) is 5.05. The number of nitrogens with zero attached hydrogens (tertiary/aromatic N) is 1. The fourth-order valence-electron chi connectivity index (χ4n) is 1.67. The van der Waals surface area contributed by atoms with Gasteiger partial charge in [0.05, 0.1) is 5.54 Å². The van der Waals surface area contributed by atoms with Gasteiger partial charge in [0, 0.05) is 25.2 Å². The first-order valence-corrected chi connectivity index (χ1v) is 5.15. The van der Waals surface area contributed by atoms with Crippen LogP contribution < -0.4 is 11.1 Å². The third-order valence-electron chi connectivity index (χ3n) is 2.58. The van der Waals surface area contributed by atoms with Gasteiger partial charge < -0.3 is 16.0 Å². The third-order valence-corrected chi connectivity index (χ3v) is 2.58. The highest BCUT2D eigenvalue weighted by molar-refractivity contribution is 5.85. The molecule has 1 heterocycles. The number of rotatable bonds is 1. The minimum Gasteiger partial charge on any atom is -0.336 e. The Morgan fingerprint density at radius 3 is 2.57 bits per heavy atom. The molecule has 2 unspecified atom stereocenters. The smallest absolute Gasteiger partial charge is 0.242 e. The Morgan fingerprint density at radius 2 is 2.07 bits per heavy atom. The van der Waals surface area contributed by atoms with Gasteiger partial charge in [-0.25, -0.2) is 0 Å². The van der Waals surface area contributed by atoms with E-state index in [1.165, 1.54) is 0 Å². The number of amides is 1. The molecule has 0 bridgehead atoms. The summed E-state index contributed by atoms with van der Waals surface area (Å²) < 4.78 is 0. The van der Waals surface area contributed by atoms with Crippen LogP contribution in [0.5, 0.6) is 0 Å². The average molecular weight is 199 g/mol. The molecule has 82 valence electrons. The van der Waals surface area contributed by atoms with E-state index >= 15 is 0 Å². The van der Waals surface area contributed by atoms with Gasteiger partial charge >= 0.3 is 0 Å². The van der Waals surface area contributed by atoms with Gasteiger partial charge in [0.25, 0.3) is 0 Å². The molecule has 1 aliphatic rings. The Balaban J connectivity index is 2.70. The average Bonchev–Trinajstić information content (AvgIpc) is 2.06. The largest absolute Gasteiger partial charge is 0.336 e. The maximum Gasteiger partial charge on any atom is 0.242 e. The monoisotopic (exact) mass is 199 g/mol. The summed E-state index contributed by atoms with van der Waals surface area (Å²) in [6.07, 6.45) is 0. The molecule has 1 saturated heterocycles. The van der Waals surface area contributed by atoms with Crippen molar-refractivity contribution < 1.29 is 4.79 Å². The lowest BCUT2D eigenvalue weighted by molar-refractivity contribution is -0.139. The van der Waals surface area contributed by atoms with Gasteiger partial charge in [-0.1, -0.05) is 0 Å². The Hall–Kier alpha value is -0.610. The number of carbonyl (C=O) groups is 1. The molecule has 1 rings (SSSR count). The number of nitrogens with two attached hydrogens (primary N) is 1. The summed E-state index contributed by atoms with van der Waals surface area (Å²) in [4.78, 5) is 13.8. The van der Waals surface area contributed by atoms with Crippen LogP contribution in [0.3, 0.4) is 0 Å². The maximum absolute atomic E-state index is 11.9. The molecule has 0 aromatic carbocycles. The van der Waals surface area contributed by atoms with Gasteiger partial charge in [-0.3, -0.25) is 4.79 Å². The van der Waals surface area contributed by atoms with Crippen molar-refractivity contribution in [3.8, 4) is 0 Å². The second-order valence-electron chi connectivity index (χ2n) is 4.84. The van der Waals surface area contributed by atoms with Crippen LogP contribution in [0.2, 0.25) is 0 Å². The number of nitrogens with one attached hydrogen (secondary N) is 1. The molecule has 1 amide bonds. The Labute approximate surface area is 85.8 Å². The maximum atomic E-state index is 11.9. The van der Waals surface area contributed by atoms with Gasteiger partial charge in [0.1, 0.15) is 0 Å². The van der Waals surface area contributed by atoms with Gasteiger partial charge in [-0.2, -0.15) is 0 Å². The van der Waals surface area contributed by atoms with Crippen LogP contribution >= 0.6 is 0 Å². The van der Waals surface area contributed by atoms with Crippen molar-refractivity contribution in [2.45, 2.75) is 45.3 Å². The normalized spacial score (nSPS) is 29.1. The van der Waals surface area contributed by atoms with Crippen LogP contribution in [0, 0.1) is 0 Å². The molecule has 0 aromatic rings. The highest BCUT2D eigenvalue weighted by Crippen LogP contribution is 2.12. The Bertz CT molecular complexity index is 222. The first kappa shape index (κ1) is 11.5. The van der Waals surface area contributed by atoms with Gasteiger partial charge in [0.15, 0.2) is 0 Å². The topological polar surface area (TPSA) is 58.4 Å². The van der Waals surface area contributed by atoms with Crippen LogP contribution in [0.4, 0.5) is 0 Å². The SMILES string of the molecule is CC1CN(C(=O)C(C)(C)N)C(C)CN1. The first-order valence-electron chi connectivity index (χ1n) is 5.15.